The van der Waals surface area contributed by atoms with Crippen molar-refractivity contribution in [1.82, 2.24) is 5.32 Å². The number of aldehydes is 1. The molecule has 0 radical (unpaired) electrons. The van der Waals surface area contributed by atoms with Gasteiger partial charge < -0.3 is 10.4 Å². The van der Waals surface area contributed by atoms with Crippen molar-refractivity contribution in [2.45, 2.75) is 0 Å². The van der Waals surface area contributed by atoms with E-state index in [1.54, 1.807) is 0 Å². The van der Waals surface area contributed by atoms with Gasteiger partial charge in [-0.15, -0.1) is 0 Å². The second-order valence-electron chi connectivity index (χ2n) is 1.27. The summed E-state index contributed by atoms with van der Waals surface area (Å²) >= 11 is 0. The lowest BCUT2D eigenvalue weighted by Crippen LogP contribution is -2.15. The van der Waals surface area contributed by atoms with Crippen molar-refractivity contribution in [3.63, 3.8) is 0 Å². The monoisotopic (exact) mass is 129 g/mol. The van der Waals surface area contributed by atoms with Gasteiger partial charge in [-0.3, -0.25) is 4.79 Å². The third-order valence-electron chi connectivity index (χ3n) is 0.734. The molecular formula is C5H7NO3. The highest BCUT2D eigenvalue weighted by Gasteiger charge is 2.00. The smallest absolute Gasteiger partial charge is 0.352 e. The van der Waals surface area contributed by atoms with Crippen LogP contribution in [0.5, 0.6) is 0 Å². The molecule has 0 bridgehead atoms. The van der Waals surface area contributed by atoms with Gasteiger partial charge >= 0.3 is 5.97 Å². The summed E-state index contributed by atoms with van der Waals surface area (Å²) in [6, 6.07) is 0. The molecule has 0 aliphatic carbocycles. The number of rotatable bonds is 3. The number of carbonyl (C=O) groups is 2. The van der Waals surface area contributed by atoms with Gasteiger partial charge in [0.1, 0.15) is 12.0 Å². The van der Waals surface area contributed by atoms with E-state index >= 15 is 0 Å². The molecule has 0 fully saturated rings. The van der Waals surface area contributed by atoms with Crippen LogP contribution in [0.15, 0.2) is 11.8 Å². The molecule has 0 saturated heterocycles. The zero-order valence-corrected chi connectivity index (χ0v) is 4.92. The lowest BCUT2D eigenvalue weighted by atomic mass is 10.4. The molecule has 9 heavy (non-hydrogen) atoms. The summed E-state index contributed by atoms with van der Waals surface area (Å²) in [7, 11) is 1.43. The van der Waals surface area contributed by atoms with Crippen molar-refractivity contribution in [2.75, 3.05) is 7.05 Å². The Morgan fingerprint density at radius 3 is 2.33 bits per heavy atom. The second kappa shape index (κ2) is 3.65. The van der Waals surface area contributed by atoms with Crippen LogP contribution in [0, 0.1) is 0 Å². The molecular weight excluding hydrogens is 122 g/mol. The van der Waals surface area contributed by atoms with Gasteiger partial charge in [0.25, 0.3) is 0 Å². The fourth-order valence-corrected chi connectivity index (χ4v) is 0.330. The van der Waals surface area contributed by atoms with Gasteiger partial charge in [0.15, 0.2) is 0 Å². The number of carboxylic acids is 1. The average molecular weight is 129 g/mol. The first kappa shape index (κ1) is 7.68. The van der Waals surface area contributed by atoms with Crippen LogP contribution in [0.1, 0.15) is 0 Å². The van der Waals surface area contributed by atoms with E-state index in [1.165, 1.54) is 7.05 Å². The molecule has 4 nitrogen and oxygen atoms in total. The number of carboxylic acid groups (broad SMARTS) is 1. The highest BCUT2D eigenvalue weighted by atomic mass is 16.4. The van der Waals surface area contributed by atoms with Crippen LogP contribution in [0.4, 0.5) is 0 Å². The Bertz CT molecular complexity index is 150. The minimum absolute atomic E-state index is 0.106. The van der Waals surface area contributed by atoms with E-state index in [9.17, 15) is 9.59 Å². The van der Waals surface area contributed by atoms with Crippen LogP contribution in [0.2, 0.25) is 0 Å². The maximum atomic E-state index is 10.0. The zero-order chi connectivity index (χ0) is 7.28. The van der Waals surface area contributed by atoms with Crippen LogP contribution >= 0.6 is 0 Å². The highest BCUT2D eigenvalue weighted by molar-refractivity contribution is 5.90. The molecule has 0 aromatic heterocycles. The van der Waals surface area contributed by atoms with Gasteiger partial charge in [-0.1, -0.05) is 0 Å². The standard InChI is InChI=1S/C5H7NO3/c1-6-4(2-3-7)5(8)9/h2-3,6H,1H3,(H,8,9). The van der Waals surface area contributed by atoms with Crippen LogP contribution in [-0.2, 0) is 9.59 Å². The van der Waals surface area contributed by atoms with Crippen molar-refractivity contribution < 1.29 is 14.7 Å². The molecule has 0 aromatic carbocycles. The number of likely N-dealkylation sites (N-methyl/N-ethyl adjacent to an activating group) is 1. The topological polar surface area (TPSA) is 66.4 Å². The molecule has 0 aromatic rings. The van der Waals surface area contributed by atoms with Gasteiger partial charge in [0, 0.05) is 13.1 Å². The minimum atomic E-state index is -1.13. The SMILES string of the molecule is CNC(=CC=O)C(=O)O. The van der Waals surface area contributed by atoms with Gasteiger partial charge in [-0.05, 0) is 0 Å². The Labute approximate surface area is 52.2 Å². The molecule has 0 rings (SSSR count). The maximum absolute atomic E-state index is 10.0. The number of carbonyl (C=O) groups excluding carboxylic acids is 1. The third-order valence-corrected chi connectivity index (χ3v) is 0.734. The summed E-state index contributed by atoms with van der Waals surface area (Å²) in [5, 5.41) is 10.5. The first-order chi connectivity index (χ1) is 4.22. The van der Waals surface area contributed by atoms with E-state index in [2.05, 4.69) is 5.32 Å². The molecule has 0 heterocycles. The number of hydrogen-bond donors (Lipinski definition) is 2. The molecule has 2 N–H and O–H groups in total. The lowest BCUT2D eigenvalue weighted by molar-refractivity contribution is -0.133. The number of nitrogens with one attached hydrogen (secondary N) is 1. The summed E-state index contributed by atoms with van der Waals surface area (Å²) < 4.78 is 0. The van der Waals surface area contributed by atoms with E-state index in [-0.39, 0.29) is 5.70 Å². The van der Waals surface area contributed by atoms with E-state index in [0.29, 0.717) is 6.29 Å². The zero-order valence-electron chi connectivity index (χ0n) is 4.92. The summed E-state index contributed by atoms with van der Waals surface area (Å²) in [6.07, 6.45) is 1.36. The normalized spacial score (nSPS) is 10.6. The molecule has 50 valence electrons. The molecule has 0 saturated carbocycles. The third kappa shape index (κ3) is 2.48. The molecule has 0 aliphatic rings. The fourth-order valence-electron chi connectivity index (χ4n) is 0.330. The molecule has 4 heteroatoms. The van der Waals surface area contributed by atoms with Crippen molar-refractivity contribution >= 4 is 12.3 Å². The van der Waals surface area contributed by atoms with Crippen LogP contribution in [-0.4, -0.2) is 24.4 Å². The van der Waals surface area contributed by atoms with Gasteiger partial charge in [-0.2, -0.15) is 0 Å². The Morgan fingerprint density at radius 2 is 2.22 bits per heavy atom. The van der Waals surface area contributed by atoms with E-state index < -0.39 is 5.97 Å². The van der Waals surface area contributed by atoms with E-state index in [4.69, 9.17) is 5.11 Å². The number of allylic oxidation sites excluding steroid dienone is 1. The molecule has 0 aliphatic heterocycles. The van der Waals surface area contributed by atoms with Crippen LogP contribution in [0.25, 0.3) is 0 Å². The Balaban J connectivity index is 4.14. The van der Waals surface area contributed by atoms with Crippen molar-refractivity contribution in [2.24, 2.45) is 0 Å². The molecule has 0 unspecified atom stereocenters. The lowest BCUT2D eigenvalue weighted by Gasteiger charge is -1.94. The van der Waals surface area contributed by atoms with E-state index in [1.807, 2.05) is 0 Å². The van der Waals surface area contributed by atoms with Gasteiger partial charge in [0.05, 0.1) is 0 Å². The first-order valence-corrected chi connectivity index (χ1v) is 2.29. The fraction of sp³-hybridized carbons (Fsp3) is 0.200. The minimum Gasteiger partial charge on any atom is -0.477 e. The average Bonchev–Trinajstić information content (AvgIpc) is 1.82. The Hall–Kier alpha value is -1.32. The highest BCUT2D eigenvalue weighted by Crippen LogP contribution is 1.82. The van der Waals surface area contributed by atoms with E-state index in [0.717, 1.165) is 6.08 Å². The van der Waals surface area contributed by atoms with Crippen molar-refractivity contribution in [3.8, 4) is 0 Å². The number of aliphatic carboxylic acids is 1. The summed E-state index contributed by atoms with van der Waals surface area (Å²) in [5.41, 5.74) is -0.106. The van der Waals surface area contributed by atoms with Crippen LogP contribution < -0.4 is 5.32 Å². The van der Waals surface area contributed by atoms with Gasteiger partial charge in [0.2, 0.25) is 0 Å². The Kier molecular flexibility index (Phi) is 3.12. The summed E-state index contributed by atoms with van der Waals surface area (Å²) in [5.74, 6) is -1.13. The van der Waals surface area contributed by atoms with Crippen molar-refractivity contribution in [3.05, 3.63) is 11.8 Å². The molecule has 0 atom stereocenters. The molecule has 0 amide bonds. The Morgan fingerprint density at radius 1 is 1.67 bits per heavy atom. The maximum Gasteiger partial charge on any atom is 0.352 e. The predicted octanol–water partition coefficient (Wildman–Crippen LogP) is -0.627. The quantitative estimate of drug-likeness (QED) is 0.393. The number of hydrogen-bond acceptors (Lipinski definition) is 3. The van der Waals surface area contributed by atoms with Crippen LogP contribution in [0.3, 0.4) is 0 Å². The predicted molar refractivity (Wildman–Crippen MR) is 30.8 cm³/mol. The molecule has 0 spiro atoms. The summed E-state index contributed by atoms with van der Waals surface area (Å²) in [6.45, 7) is 0. The summed E-state index contributed by atoms with van der Waals surface area (Å²) in [4.78, 5) is 19.7. The van der Waals surface area contributed by atoms with Gasteiger partial charge in [-0.25, -0.2) is 4.79 Å². The largest absolute Gasteiger partial charge is 0.477 e. The van der Waals surface area contributed by atoms with Crippen molar-refractivity contribution in [1.29, 1.82) is 0 Å². The first-order valence-electron chi connectivity index (χ1n) is 2.29. The second-order valence-corrected chi connectivity index (χ2v) is 1.27.